The summed E-state index contributed by atoms with van der Waals surface area (Å²) >= 11 is 3.63. The maximum Gasteiger partial charge on any atom is 0.227 e. The van der Waals surface area contributed by atoms with E-state index in [1.807, 2.05) is 49.0 Å². The number of amides is 1. The second-order valence-electron chi connectivity index (χ2n) is 6.12. The van der Waals surface area contributed by atoms with Gasteiger partial charge < -0.3 is 10.1 Å². The number of hydrogen-bond acceptors (Lipinski definition) is 4. The number of thiophene rings is 1. The molecule has 1 atom stereocenters. The number of fused-ring (bicyclic) bond motifs is 1. The highest BCUT2D eigenvalue weighted by atomic mass is 32.2. The number of benzene rings is 2. The van der Waals surface area contributed by atoms with Crippen molar-refractivity contribution in [1.29, 1.82) is 0 Å². The van der Waals surface area contributed by atoms with E-state index in [0.717, 1.165) is 33.6 Å². The van der Waals surface area contributed by atoms with Gasteiger partial charge in [-0.05, 0) is 46.8 Å². The van der Waals surface area contributed by atoms with Gasteiger partial charge in [-0.25, -0.2) is 0 Å². The molecule has 1 heterocycles. The molecule has 0 spiro atoms. The summed E-state index contributed by atoms with van der Waals surface area (Å²) in [7, 11) is 1.67. The molecule has 3 nitrogen and oxygen atoms in total. The predicted octanol–water partition coefficient (Wildman–Crippen LogP) is 5.06. The van der Waals surface area contributed by atoms with E-state index in [0.29, 0.717) is 6.54 Å². The first-order chi connectivity index (χ1) is 12.7. The van der Waals surface area contributed by atoms with E-state index in [2.05, 4.69) is 28.9 Å². The third-order valence-corrected chi connectivity index (χ3v) is 6.40. The van der Waals surface area contributed by atoms with Gasteiger partial charge in [0.25, 0.3) is 0 Å². The quantitative estimate of drug-likeness (QED) is 0.551. The van der Waals surface area contributed by atoms with Crippen LogP contribution in [0.1, 0.15) is 23.3 Å². The number of methoxy groups -OCH3 is 1. The van der Waals surface area contributed by atoms with E-state index >= 15 is 0 Å². The molecule has 1 unspecified atom stereocenters. The highest BCUT2D eigenvalue weighted by molar-refractivity contribution is 7.98. The molecular formula is C21H23NO2S2. The van der Waals surface area contributed by atoms with Gasteiger partial charge >= 0.3 is 0 Å². The molecule has 5 heteroatoms. The summed E-state index contributed by atoms with van der Waals surface area (Å²) in [5.41, 5.74) is 1.03. The lowest BCUT2D eigenvalue weighted by atomic mass is 9.97. The van der Waals surface area contributed by atoms with Gasteiger partial charge in [-0.15, -0.1) is 11.3 Å². The minimum Gasteiger partial charge on any atom is -0.497 e. The molecule has 136 valence electrons. The largest absolute Gasteiger partial charge is 0.497 e. The van der Waals surface area contributed by atoms with Crippen molar-refractivity contribution in [2.24, 2.45) is 0 Å². The number of nitrogens with one attached hydrogen (secondary N) is 1. The molecule has 0 aliphatic heterocycles. The Morgan fingerprint density at radius 1 is 1.19 bits per heavy atom. The van der Waals surface area contributed by atoms with Crippen LogP contribution < -0.4 is 10.1 Å². The molecule has 1 amide bonds. The van der Waals surface area contributed by atoms with E-state index in [-0.39, 0.29) is 11.8 Å². The van der Waals surface area contributed by atoms with Crippen LogP contribution >= 0.6 is 23.1 Å². The third kappa shape index (κ3) is 4.80. The Morgan fingerprint density at radius 3 is 2.77 bits per heavy atom. The predicted molar refractivity (Wildman–Crippen MR) is 112 cm³/mol. The summed E-state index contributed by atoms with van der Waals surface area (Å²) in [6, 6.07) is 16.4. The molecule has 1 N–H and O–H groups in total. The number of ether oxygens (including phenoxy) is 1. The highest BCUT2D eigenvalue weighted by Crippen LogP contribution is 2.25. The first-order valence-corrected chi connectivity index (χ1v) is 10.7. The van der Waals surface area contributed by atoms with Crippen LogP contribution in [0.15, 0.2) is 53.9 Å². The monoisotopic (exact) mass is 385 g/mol. The van der Waals surface area contributed by atoms with Crippen molar-refractivity contribution in [2.45, 2.75) is 18.6 Å². The standard InChI is InChI=1S/C21H23NO2S2/c1-15(21(23)22-9-11-25-14-20-4-3-10-26-20)16-5-6-18-13-19(24-2)8-7-17(18)12-16/h3-8,10,12-13,15H,9,11,14H2,1-2H3,(H,22,23). The van der Waals surface area contributed by atoms with Crippen molar-refractivity contribution >= 4 is 39.8 Å². The molecule has 0 fully saturated rings. The van der Waals surface area contributed by atoms with Gasteiger partial charge in [0.2, 0.25) is 5.91 Å². The zero-order valence-corrected chi connectivity index (χ0v) is 16.7. The van der Waals surface area contributed by atoms with Crippen LogP contribution in [0.2, 0.25) is 0 Å². The van der Waals surface area contributed by atoms with Crippen molar-refractivity contribution in [3.05, 3.63) is 64.4 Å². The molecule has 0 aliphatic carbocycles. The fraction of sp³-hybridized carbons (Fsp3) is 0.286. The second-order valence-corrected chi connectivity index (χ2v) is 8.25. The number of rotatable bonds is 8. The highest BCUT2D eigenvalue weighted by Gasteiger charge is 2.15. The summed E-state index contributed by atoms with van der Waals surface area (Å²) < 4.78 is 5.26. The maximum absolute atomic E-state index is 12.4. The lowest BCUT2D eigenvalue weighted by Gasteiger charge is -2.13. The summed E-state index contributed by atoms with van der Waals surface area (Å²) in [6.45, 7) is 2.66. The van der Waals surface area contributed by atoms with Crippen LogP contribution in [-0.4, -0.2) is 25.3 Å². The minimum atomic E-state index is -0.163. The first kappa shape index (κ1) is 18.8. The Labute approximate surface area is 162 Å². The van der Waals surface area contributed by atoms with Crippen LogP contribution in [0.4, 0.5) is 0 Å². The van der Waals surface area contributed by atoms with Crippen LogP contribution in [-0.2, 0) is 10.5 Å². The molecule has 2 aromatic carbocycles. The van der Waals surface area contributed by atoms with E-state index < -0.39 is 0 Å². The molecule has 1 aromatic heterocycles. The average Bonchev–Trinajstić information content (AvgIpc) is 3.19. The minimum absolute atomic E-state index is 0.0783. The zero-order valence-electron chi connectivity index (χ0n) is 15.0. The van der Waals surface area contributed by atoms with Gasteiger partial charge in [0, 0.05) is 22.9 Å². The normalized spacial score (nSPS) is 12.1. The molecular weight excluding hydrogens is 362 g/mol. The summed E-state index contributed by atoms with van der Waals surface area (Å²) in [4.78, 5) is 13.8. The van der Waals surface area contributed by atoms with Gasteiger partial charge in [0.05, 0.1) is 13.0 Å². The van der Waals surface area contributed by atoms with Crippen molar-refractivity contribution in [2.75, 3.05) is 19.4 Å². The van der Waals surface area contributed by atoms with E-state index in [1.54, 1.807) is 18.4 Å². The Bertz CT molecular complexity index is 862. The topological polar surface area (TPSA) is 38.3 Å². The van der Waals surface area contributed by atoms with Gasteiger partial charge in [0.1, 0.15) is 5.75 Å². The first-order valence-electron chi connectivity index (χ1n) is 8.63. The molecule has 3 aromatic rings. The Balaban J connectivity index is 1.51. The van der Waals surface area contributed by atoms with Crippen molar-refractivity contribution in [3.63, 3.8) is 0 Å². The van der Waals surface area contributed by atoms with E-state index in [1.165, 1.54) is 4.88 Å². The second kappa shape index (κ2) is 9.10. The fourth-order valence-electron chi connectivity index (χ4n) is 2.76. The van der Waals surface area contributed by atoms with Gasteiger partial charge in [-0.2, -0.15) is 11.8 Å². The Kier molecular flexibility index (Phi) is 6.58. The van der Waals surface area contributed by atoms with Crippen LogP contribution in [0, 0.1) is 0 Å². The molecule has 0 saturated carbocycles. The van der Waals surface area contributed by atoms with Crippen LogP contribution in [0.3, 0.4) is 0 Å². The Morgan fingerprint density at radius 2 is 2.00 bits per heavy atom. The maximum atomic E-state index is 12.4. The SMILES string of the molecule is COc1ccc2cc(C(C)C(=O)NCCSCc3cccs3)ccc2c1. The average molecular weight is 386 g/mol. The van der Waals surface area contributed by atoms with Gasteiger partial charge in [-0.3, -0.25) is 4.79 Å². The summed E-state index contributed by atoms with van der Waals surface area (Å²) in [6.07, 6.45) is 0. The third-order valence-electron chi connectivity index (χ3n) is 4.33. The summed E-state index contributed by atoms with van der Waals surface area (Å²) in [5.74, 6) is 2.69. The molecule has 3 rings (SSSR count). The van der Waals surface area contributed by atoms with Crippen molar-refractivity contribution < 1.29 is 9.53 Å². The lowest BCUT2D eigenvalue weighted by Crippen LogP contribution is -2.29. The number of carbonyl (C=O) groups is 1. The smallest absolute Gasteiger partial charge is 0.227 e. The summed E-state index contributed by atoms with van der Waals surface area (Å²) in [5, 5.41) is 7.38. The Hall–Kier alpha value is -1.98. The van der Waals surface area contributed by atoms with Gasteiger partial charge in [-0.1, -0.05) is 30.3 Å². The van der Waals surface area contributed by atoms with Crippen molar-refractivity contribution in [1.82, 2.24) is 5.32 Å². The lowest BCUT2D eigenvalue weighted by molar-refractivity contribution is -0.122. The van der Waals surface area contributed by atoms with Gasteiger partial charge in [0.15, 0.2) is 0 Å². The zero-order chi connectivity index (χ0) is 18.4. The van der Waals surface area contributed by atoms with E-state index in [4.69, 9.17) is 4.74 Å². The molecule has 0 saturated heterocycles. The molecule has 0 bridgehead atoms. The molecule has 26 heavy (non-hydrogen) atoms. The van der Waals surface area contributed by atoms with E-state index in [9.17, 15) is 4.79 Å². The molecule has 0 aliphatic rings. The van der Waals surface area contributed by atoms with Crippen LogP contribution in [0.5, 0.6) is 5.75 Å². The van der Waals surface area contributed by atoms with Crippen LogP contribution in [0.25, 0.3) is 10.8 Å². The number of hydrogen-bond donors (Lipinski definition) is 1. The van der Waals surface area contributed by atoms with Crippen molar-refractivity contribution in [3.8, 4) is 5.75 Å². The number of carbonyl (C=O) groups excluding carboxylic acids is 1. The number of thioether (sulfide) groups is 1. The molecule has 0 radical (unpaired) electrons. The fourth-order valence-corrected chi connectivity index (χ4v) is 4.46.